The third kappa shape index (κ3) is 0.986. The first-order chi connectivity index (χ1) is 5.90. The third-order valence-electron chi connectivity index (χ3n) is 1.31. The second-order valence-electron chi connectivity index (χ2n) is 2.02. The summed E-state index contributed by atoms with van der Waals surface area (Å²) in [5.74, 6) is 0.220. The molecule has 0 fully saturated rings. The minimum Gasteiger partial charge on any atom is -0.408 e. The van der Waals surface area contributed by atoms with Crippen molar-refractivity contribution in [1.82, 2.24) is 19.8 Å². The van der Waals surface area contributed by atoms with E-state index in [1.165, 1.54) is 10.8 Å². The number of ether oxygens (including phenoxy) is 1. The molecular formula is C6H4N4O2. The fourth-order valence-corrected chi connectivity index (χ4v) is 0.823. The molecule has 0 bridgehead atoms. The van der Waals surface area contributed by atoms with Gasteiger partial charge in [-0.15, -0.1) is 15.3 Å². The maximum atomic E-state index is 9.95. The monoisotopic (exact) mass is 164 g/mol. The molecular weight excluding hydrogens is 160 g/mol. The zero-order valence-corrected chi connectivity index (χ0v) is 5.91. The van der Waals surface area contributed by atoms with Crippen LogP contribution in [0.1, 0.15) is 0 Å². The van der Waals surface area contributed by atoms with Gasteiger partial charge in [0.2, 0.25) is 5.88 Å². The van der Waals surface area contributed by atoms with E-state index in [1.54, 1.807) is 12.1 Å². The van der Waals surface area contributed by atoms with Crippen LogP contribution in [-0.4, -0.2) is 26.3 Å². The first-order valence-electron chi connectivity index (χ1n) is 3.17. The summed E-state index contributed by atoms with van der Waals surface area (Å²) in [6, 6.07) is 3.19. The second kappa shape index (κ2) is 2.57. The predicted octanol–water partition coefficient (Wildman–Crippen LogP) is -0.341. The van der Waals surface area contributed by atoms with E-state index >= 15 is 0 Å². The normalized spacial score (nSPS) is 10.0. The van der Waals surface area contributed by atoms with Crippen LogP contribution in [-0.2, 0) is 4.79 Å². The molecule has 0 unspecified atom stereocenters. The largest absolute Gasteiger partial charge is 0.408 e. The van der Waals surface area contributed by atoms with Crippen molar-refractivity contribution in [3.8, 4) is 5.88 Å². The number of carbonyl (C=O) groups is 1. The lowest BCUT2D eigenvalue weighted by molar-refractivity contribution is -0.121. The van der Waals surface area contributed by atoms with Gasteiger partial charge < -0.3 is 4.74 Å². The lowest BCUT2D eigenvalue weighted by Gasteiger charge is -1.94. The Balaban J connectivity index is 2.52. The van der Waals surface area contributed by atoms with Crippen molar-refractivity contribution in [3.05, 3.63) is 18.5 Å². The second-order valence-corrected chi connectivity index (χ2v) is 2.02. The first-order valence-corrected chi connectivity index (χ1v) is 3.17. The van der Waals surface area contributed by atoms with Gasteiger partial charge in [0.25, 0.3) is 6.47 Å². The standard InChI is InChI=1S/C6H4N4O2/c11-4-12-6-2-1-5-8-7-3-10(5)9-6/h1-4H. The minimum atomic E-state index is 0.220. The molecule has 0 amide bonds. The highest BCUT2D eigenvalue weighted by Gasteiger charge is 1.98. The van der Waals surface area contributed by atoms with Crippen molar-refractivity contribution >= 4 is 12.1 Å². The van der Waals surface area contributed by atoms with Gasteiger partial charge in [-0.1, -0.05) is 0 Å². The van der Waals surface area contributed by atoms with E-state index in [-0.39, 0.29) is 5.88 Å². The van der Waals surface area contributed by atoms with E-state index in [0.29, 0.717) is 12.1 Å². The highest BCUT2D eigenvalue weighted by Crippen LogP contribution is 2.05. The summed E-state index contributed by atoms with van der Waals surface area (Å²) >= 11 is 0. The van der Waals surface area contributed by atoms with E-state index in [1.807, 2.05) is 0 Å². The quantitative estimate of drug-likeness (QED) is 0.568. The van der Waals surface area contributed by atoms with E-state index in [2.05, 4.69) is 20.0 Å². The number of fused-ring (bicyclic) bond motifs is 1. The van der Waals surface area contributed by atoms with Crippen molar-refractivity contribution in [3.63, 3.8) is 0 Å². The Kier molecular flexibility index (Phi) is 1.44. The summed E-state index contributed by atoms with van der Waals surface area (Å²) in [4.78, 5) is 9.95. The smallest absolute Gasteiger partial charge is 0.299 e. The minimum absolute atomic E-state index is 0.220. The number of rotatable bonds is 2. The van der Waals surface area contributed by atoms with Gasteiger partial charge in [0, 0.05) is 6.07 Å². The summed E-state index contributed by atoms with van der Waals surface area (Å²) in [5.41, 5.74) is 0.605. The fraction of sp³-hybridized carbons (Fsp3) is 0. The molecule has 0 aliphatic rings. The van der Waals surface area contributed by atoms with Gasteiger partial charge in [-0.3, -0.25) is 4.79 Å². The zero-order chi connectivity index (χ0) is 8.39. The molecule has 0 N–H and O–H groups in total. The highest BCUT2D eigenvalue weighted by atomic mass is 16.5. The van der Waals surface area contributed by atoms with Crippen LogP contribution in [0, 0.1) is 0 Å². The number of carbonyl (C=O) groups excluding carboxylic acids is 1. The van der Waals surface area contributed by atoms with Gasteiger partial charge in [-0.25, -0.2) is 0 Å². The highest BCUT2D eigenvalue weighted by molar-refractivity contribution is 5.44. The maximum absolute atomic E-state index is 9.95. The van der Waals surface area contributed by atoms with Crippen LogP contribution in [0.2, 0.25) is 0 Å². The molecule has 0 saturated carbocycles. The summed E-state index contributed by atoms with van der Waals surface area (Å²) in [6.07, 6.45) is 1.42. The average Bonchev–Trinajstić information content (AvgIpc) is 2.51. The zero-order valence-electron chi connectivity index (χ0n) is 5.91. The van der Waals surface area contributed by atoms with Crippen LogP contribution in [0.3, 0.4) is 0 Å². The molecule has 2 aromatic rings. The lowest BCUT2D eigenvalue weighted by atomic mass is 10.5. The Hall–Kier alpha value is -1.98. The molecule has 6 heteroatoms. The first kappa shape index (κ1) is 6.71. The van der Waals surface area contributed by atoms with Crippen molar-refractivity contribution in [2.24, 2.45) is 0 Å². The topological polar surface area (TPSA) is 69.4 Å². The summed E-state index contributed by atoms with van der Waals surface area (Å²) in [6.45, 7) is 0.318. The van der Waals surface area contributed by atoms with E-state index in [0.717, 1.165) is 0 Å². The van der Waals surface area contributed by atoms with Crippen LogP contribution in [0.4, 0.5) is 0 Å². The third-order valence-corrected chi connectivity index (χ3v) is 1.31. The van der Waals surface area contributed by atoms with Crippen molar-refractivity contribution in [1.29, 1.82) is 0 Å². The SMILES string of the molecule is O=COc1ccc2nncn2n1. The number of hydrogen-bond acceptors (Lipinski definition) is 5. The number of aromatic nitrogens is 4. The summed E-state index contributed by atoms with van der Waals surface area (Å²) in [7, 11) is 0. The molecule has 0 aliphatic carbocycles. The Morgan fingerprint density at radius 2 is 2.42 bits per heavy atom. The van der Waals surface area contributed by atoms with Crippen molar-refractivity contribution in [2.45, 2.75) is 0 Å². The van der Waals surface area contributed by atoms with Crippen LogP contribution in [0.5, 0.6) is 5.88 Å². The van der Waals surface area contributed by atoms with Gasteiger partial charge >= 0.3 is 0 Å². The van der Waals surface area contributed by atoms with Crippen LogP contribution in [0.15, 0.2) is 18.5 Å². The maximum Gasteiger partial charge on any atom is 0.299 e. The summed E-state index contributed by atoms with van der Waals surface area (Å²) < 4.78 is 5.93. The van der Waals surface area contributed by atoms with Crippen molar-refractivity contribution < 1.29 is 9.53 Å². The van der Waals surface area contributed by atoms with Crippen molar-refractivity contribution in [2.75, 3.05) is 0 Å². The fourth-order valence-electron chi connectivity index (χ4n) is 0.823. The lowest BCUT2D eigenvalue weighted by Crippen LogP contribution is -1.96. The van der Waals surface area contributed by atoms with Crippen LogP contribution in [0.25, 0.3) is 5.65 Å². The molecule has 0 aliphatic heterocycles. The Labute approximate surface area is 66.8 Å². The predicted molar refractivity (Wildman–Crippen MR) is 37.5 cm³/mol. The molecule has 2 rings (SSSR count). The molecule has 2 heterocycles. The van der Waals surface area contributed by atoms with E-state index < -0.39 is 0 Å². The number of nitrogens with zero attached hydrogens (tertiary/aromatic N) is 4. The van der Waals surface area contributed by atoms with Gasteiger partial charge in [-0.2, -0.15) is 4.52 Å². The Bertz CT molecular complexity index is 411. The van der Waals surface area contributed by atoms with E-state index in [9.17, 15) is 4.79 Å². The molecule has 0 spiro atoms. The Morgan fingerprint density at radius 1 is 1.50 bits per heavy atom. The molecule has 6 nitrogen and oxygen atoms in total. The summed E-state index contributed by atoms with van der Waals surface area (Å²) in [5, 5.41) is 11.2. The van der Waals surface area contributed by atoms with Crippen LogP contribution >= 0.6 is 0 Å². The molecule has 0 radical (unpaired) electrons. The van der Waals surface area contributed by atoms with Gasteiger partial charge in [0.1, 0.15) is 6.33 Å². The molecule has 0 aromatic carbocycles. The van der Waals surface area contributed by atoms with Gasteiger partial charge in [-0.05, 0) is 6.07 Å². The molecule has 60 valence electrons. The average molecular weight is 164 g/mol. The molecule has 2 aromatic heterocycles. The van der Waals surface area contributed by atoms with Crippen LogP contribution < -0.4 is 4.74 Å². The molecule has 0 saturated heterocycles. The molecule has 0 atom stereocenters. The molecule has 12 heavy (non-hydrogen) atoms. The Morgan fingerprint density at radius 3 is 3.25 bits per heavy atom. The van der Waals surface area contributed by atoms with Gasteiger partial charge in [0.05, 0.1) is 0 Å². The van der Waals surface area contributed by atoms with E-state index in [4.69, 9.17) is 0 Å². The van der Waals surface area contributed by atoms with Gasteiger partial charge in [0.15, 0.2) is 5.65 Å². The number of hydrogen-bond donors (Lipinski definition) is 0.